The summed E-state index contributed by atoms with van der Waals surface area (Å²) < 4.78 is 55.0. The molecule has 0 radical (unpaired) electrons. The van der Waals surface area contributed by atoms with Gasteiger partial charge in [0.15, 0.2) is 18.1 Å². The van der Waals surface area contributed by atoms with Crippen LogP contribution in [0.2, 0.25) is 0 Å². The number of carbonyl (C=O) groups excluding carboxylic acids is 6. The summed E-state index contributed by atoms with van der Waals surface area (Å²) in [4.78, 5) is 80.2. The van der Waals surface area contributed by atoms with Crippen molar-refractivity contribution >= 4 is 36.2 Å². The fourth-order valence-corrected chi connectivity index (χ4v) is 11.6. The van der Waals surface area contributed by atoms with Gasteiger partial charge in [0.05, 0.1) is 28.4 Å². The lowest BCUT2D eigenvalue weighted by Crippen LogP contribution is -2.46. The lowest BCUT2D eigenvalue weighted by molar-refractivity contribution is -0.148. The average Bonchev–Trinajstić information content (AvgIpc) is 0.803. The van der Waals surface area contributed by atoms with Crippen molar-refractivity contribution < 1.29 is 76.1 Å². The Morgan fingerprint density at radius 1 is 0.400 bits per heavy atom. The molecule has 0 saturated carbocycles. The summed E-state index contributed by atoms with van der Waals surface area (Å²) in [5, 5.41) is 0. The third-order valence-corrected chi connectivity index (χ3v) is 16.2. The van der Waals surface area contributed by atoms with Gasteiger partial charge in [0.25, 0.3) is 0 Å². The van der Waals surface area contributed by atoms with E-state index in [1.54, 1.807) is 75.5 Å². The lowest BCUT2D eigenvalue weighted by Gasteiger charge is -2.36. The summed E-state index contributed by atoms with van der Waals surface area (Å²) in [5.74, 6) is 1.43. The number of hydrogen-bond donors (Lipinski definition) is 0. The molecule has 95 heavy (non-hydrogen) atoms. The zero-order valence-electron chi connectivity index (χ0n) is 58.8. The number of benzene rings is 6. The van der Waals surface area contributed by atoms with Crippen LogP contribution < -0.4 is 18.9 Å². The van der Waals surface area contributed by atoms with Crippen LogP contribution >= 0.6 is 0 Å². The van der Waals surface area contributed by atoms with E-state index in [0.717, 1.165) is 67.3 Å². The van der Waals surface area contributed by atoms with Crippen molar-refractivity contribution in [3.63, 3.8) is 0 Å². The van der Waals surface area contributed by atoms with E-state index < -0.39 is 71.1 Å². The molecule has 3 amide bonds. The molecule has 3 heterocycles. The Hall–Kier alpha value is -9.26. The Bertz CT molecular complexity index is 3740. The fourth-order valence-electron chi connectivity index (χ4n) is 11.6. The molecule has 6 aromatic rings. The topological polar surface area (TPSA) is 204 Å². The first-order valence-electron chi connectivity index (χ1n) is 32.0. The molecule has 510 valence electrons. The van der Waals surface area contributed by atoms with Crippen LogP contribution in [0.4, 0.5) is 14.4 Å². The van der Waals surface area contributed by atoms with Gasteiger partial charge < -0.3 is 47.4 Å². The minimum atomic E-state index is -0.857. The molecule has 0 aromatic heterocycles. The summed E-state index contributed by atoms with van der Waals surface area (Å²) in [7, 11) is 5.60. The molecule has 0 fully saturated rings. The van der Waals surface area contributed by atoms with E-state index in [1.165, 1.54) is 69.4 Å². The van der Waals surface area contributed by atoms with Crippen molar-refractivity contribution in [1.82, 2.24) is 14.7 Å². The minimum absolute atomic E-state index is 0.344. The molecule has 1 unspecified atom stereocenters. The van der Waals surface area contributed by atoms with Gasteiger partial charge in [-0.1, -0.05) is 65.7 Å². The standard InChI is InChI=1S/C26H33NO5.C25H31NO6.C25H31NO5/c1-16-12-17(2)22(18(3)13-16)15-31-20-8-9-21-19(14-20)10-11-27(23(21)24(28)30-7)25(29)32-26(4,5)6;1-16-7-10-21(29-5)18(13-16)15-31-19-8-9-20-17(14-19)11-12-26(22(20)23(27)30-6)24(28)32-25(2,3)4;1-16-7-8-18(13-17(16)2)15-30-20-9-10-21-19(14-20)11-12-26(22(21)23(27)29-6)24(28)31-25(3,4)5/h8-9,12-14,23H,10-11,15H2,1-7H3;7-10,13-14,22H,11-12,15H2,1-6H3;7-10,13-14,22H,11-12,15H2,1-6H3/t23-;22-;/m11./s1. The highest BCUT2D eigenvalue weighted by Crippen LogP contribution is 2.38. The first-order valence-corrected chi connectivity index (χ1v) is 32.0. The maximum absolute atomic E-state index is 12.7. The predicted molar refractivity (Wildman–Crippen MR) is 361 cm³/mol. The SMILES string of the molecule is COC(=O)C1c2ccc(OCc3ccc(C)c(C)c3)cc2CCN1C(=O)OC(C)(C)C.COC(=O)[C@H]1c2ccc(OCc3c(C)cc(C)cc3C)cc2CCN1C(=O)OC(C)(C)C.COC(=O)[C@H]1c2ccc(OCc3cc(C)ccc3OC)cc2CCN1C(=O)OC(C)(C)C. The van der Waals surface area contributed by atoms with Gasteiger partial charge in [0.1, 0.15) is 59.6 Å². The summed E-state index contributed by atoms with van der Waals surface area (Å²) in [5.41, 5.74) is 13.6. The molecule has 0 bridgehead atoms. The van der Waals surface area contributed by atoms with Gasteiger partial charge in [-0.2, -0.15) is 0 Å². The van der Waals surface area contributed by atoms with Crippen molar-refractivity contribution in [2.75, 3.05) is 48.1 Å². The second-order valence-electron chi connectivity index (χ2n) is 27.1. The maximum atomic E-state index is 12.7. The number of nitrogens with zero attached hydrogens (tertiary/aromatic N) is 3. The summed E-state index contributed by atoms with van der Waals surface area (Å²) in [6.45, 7) is 31.0. The molecule has 9 rings (SSSR count). The van der Waals surface area contributed by atoms with Crippen LogP contribution in [0.25, 0.3) is 0 Å². The van der Waals surface area contributed by atoms with Crippen LogP contribution in [0.15, 0.2) is 103 Å². The smallest absolute Gasteiger partial charge is 0.411 e. The van der Waals surface area contributed by atoms with Gasteiger partial charge in [-0.15, -0.1) is 0 Å². The van der Waals surface area contributed by atoms with Gasteiger partial charge in [-0.3, -0.25) is 14.7 Å². The number of carbonyl (C=O) groups is 6. The van der Waals surface area contributed by atoms with Crippen LogP contribution in [0, 0.1) is 41.5 Å². The largest absolute Gasteiger partial charge is 0.496 e. The summed E-state index contributed by atoms with van der Waals surface area (Å²) >= 11 is 0. The average molecular weight is 1310 g/mol. The first kappa shape index (κ1) is 73.2. The van der Waals surface area contributed by atoms with Gasteiger partial charge in [0, 0.05) is 25.2 Å². The van der Waals surface area contributed by atoms with Crippen molar-refractivity contribution in [2.45, 2.75) is 178 Å². The fraction of sp³-hybridized carbons (Fsp3) is 0.447. The Balaban J connectivity index is 0.000000201. The van der Waals surface area contributed by atoms with Crippen molar-refractivity contribution in [3.05, 3.63) is 187 Å². The summed E-state index contributed by atoms with van der Waals surface area (Å²) in [6.07, 6.45) is 0.191. The van der Waals surface area contributed by atoms with Crippen LogP contribution in [-0.2, 0) is 81.9 Å². The van der Waals surface area contributed by atoms with Crippen LogP contribution in [0.3, 0.4) is 0 Å². The monoisotopic (exact) mass is 1310 g/mol. The zero-order chi connectivity index (χ0) is 69.9. The first-order chi connectivity index (χ1) is 44.7. The highest BCUT2D eigenvalue weighted by Gasteiger charge is 2.42. The van der Waals surface area contributed by atoms with Crippen LogP contribution in [-0.4, -0.2) is 116 Å². The molecular formula is C76H95N3O16. The quantitative estimate of drug-likeness (QED) is 0.0779. The molecule has 3 atom stereocenters. The van der Waals surface area contributed by atoms with E-state index in [9.17, 15) is 28.8 Å². The van der Waals surface area contributed by atoms with Crippen LogP contribution in [0.1, 0.15) is 164 Å². The normalized spacial score (nSPS) is 15.7. The highest BCUT2D eigenvalue weighted by atomic mass is 16.6. The number of esters is 3. The third kappa shape index (κ3) is 19.4. The van der Waals surface area contributed by atoms with Gasteiger partial charge in [-0.25, -0.2) is 28.8 Å². The zero-order valence-corrected chi connectivity index (χ0v) is 58.8. The number of hydrogen-bond acceptors (Lipinski definition) is 16. The number of fused-ring (bicyclic) bond motifs is 3. The van der Waals surface area contributed by atoms with Crippen LogP contribution in [0.5, 0.6) is 23.0 Å². The van der Waals surface area contributed by atoms with E-state index >= 15 is 0 Å². The Labute approximate surface area is 560 Å². The number of rotatable bonds is 13. The predicted octanol–water partition coefficient (Wildman–Crippen LogP) is 14.7. The van der Waals surface area contributed by atoms with Gasteiger partial charge in [-0.05, 0) is 238 Å². The van der Waals surface area contributed by atoms with Gasteiger partial charge >= 0.3 is 36.2 Å². The van der Waals surface area contributed by atoms with E-state index in [1.807, 2.05) is 73.7 Å². The Morgan fingerprint density at radius 3 is 1.14 bits per heavy atom. The van der Waals surface area contributed by atoms with Gasteiger partial charge in [0.2, 0.25) is 0 Å². The van der Waals surface area contributed by atoms with Crippen molar-refractivity contribution in [2.24, 2.45) is 0 Å². The Kier molecular flexibility index (Phi) is 24.1. The summed E-state index contributed by atoms with van der Waals surface area (Å²) in [6, 6.07) is 30.8. The minimum Gasteiger partial charge on any atom is -0.496 e. The third-order valence-electron chi connectivity index (χ3n) is 16.2. The molecule has 6 aromatic carbocycles. The number of amides is 3. The highest BCUT2D eigenvalue weighted by molar-refractivity contribution is 5.86. The molecule has 0 saturated heterocycles. The maximum Gasteiger partial charge on any atom is 0.411 e. The van der Waals surface area contributed by atoms with Crippen molar-refractivity contribution in [3.8, 4) is 23.0 Å². The van der Waals surface area contributed by atoms with E-state index in [2.05, 4.69) is 65.0 Å². The molecular weight excluding hydrogens is 1210 g/mol. The second-order valence-corrected chi connectivity index (χ2v) is 27.1. The van der Waals surface area contributed by atoms with E-state index in [0.29, 0.717) is 64.5 Å². The molecule has 3 aliphatic heterocycles. The molecule has 3 aliphatic rings. The Morgan fingerprint density at radius 2 is 0.779 bits per heavy atom. The molecule has 19 nitrogen and oxygen atoms in total. The molecule has 19 heteroatoms. The molecule has 0 aliphatic carbocycles. The molecule has 0 spiro atoms. The van der Waals surface area contributed by atoms with E-state index in [4.69, 9.17) is 47.4 Å². The number of aryl methyl sites for hydroxylation is 6. The van der Waals surface area contributed by atoms with E-state index in [-0.39, 0.29) is 0 Å². The molecule has 0 N–H and O–H groups in total. The lowest BCUT2D eigenvalue weighted by atomic mass is 9.92. The number of methoxy groups -OCH3 is 4. The second kappa shape index (κ2) is 31.3. The number of ether oxygens (including phenoxy) is 10. The van der Waals surface area contributed by atoms with Crippen molar-refractivity contribution in [1.29, 1.82) is 0 Å².